The van der Waals surface area contributed by atoms with E-state index in [9.17, 15) is 14.4 Å². The smallest absolute Gasteiger partial charge is 0.326 e. The maximum atomic E-state index is 12.0. The van der Waals surface area contributed by atoms with E-state index in [0.29, 0.717) is 11.5 Å². The zero-order valence-corrected chi connectivity index (χ0v) is 17.0. The van der Waals surface area contributed by atoms with Crippen LogP contribution in [0.3, 0.4) is 0 Å². The molecule has 164 valence electrons. The molecule has 0 aliphatic rings. The molecule has 2 rings (SSSR count). The van der Waals surface area contributed by atoms with Gasteiger partial charge < -0.3 is 29.7 Å². The van der Waals surface area contributed by atoms with Gasteiger partial charge >= 0.3 is 11.9 Å². The number of benzene rings is 2. The molecule has 0 bridgehead atoms. The molecular formula is C22H23NO8. The van der Waals surface area contributed by atoms with Gasteiger partial charge in [0.05, 0.1) is 20.6 Å². The number of hydrogen-bond acceptors (Lipinski definition) is 6. The number of methoxy groups -OCH3 is 2. The van der Waals surface area contributed by atoms with Crippen LogP contribution in [0.25, 0.3) is 12.2 Å². The fourth-order valence-electron chi connectivity index (χ4n) is 2.56. The quantitative estimate of drug-likeness (QED) is 0.464. The molecule has 1 atom stereocenters. The molecule has 0 aliphatic carbocycles. The lowest BCUT2D eigenvalue weighted by Crippen LogP contribution is -2.44. The van der Waals surface area contributed by atoms with Crippen molar-refractivity contribution in [3.63, 3.8) is 0 Å². The van der Waals surface area contributed by atoms with Gasteiger partial charge in [0.1, 0.15) is 23.3 Å². The first kappa shape index (κ1) is 23.3. The van der Waals surface area contributed by atoms with E-state index in [0.717, 1.165) is 16.9 Å². The van der Waals surface area contributed by atoms with Gasteiger partial charge in [0.25, 0.3) is 5.91 Å². The van der Waals surface area contributed by atoms with Gasteiger partial charge in [-0.1, -0.05) is 24.3 Å². The standard InChI is InChI=1S/C22H23NO8/c1-29-16-7-5-14(6-8-16)3-4-15-9-17(30-2)11-18(10-15)31-13-20(24)23-19(22(27)28)12-21(25)26/h3-11,19H,12-13H2,1-2H3,(H,23,24)(H,25,26)(H,27,28)/b4-3+/t19-/m0/s1. The Morgan fingerprint density at radius 2 is 1.52 bits per heavy atom. The summed E-state index contributed by atoms with van der Waals surface area (Å²) in [5.41, 5.74) is 1.70. The minimum Gasteiger partial charge on any atom is -0.497 e. The van der Waals surface area contributed by atoms with E-state index in [1.54, 1.807) is 25.3 Å². The summed E-state index contributed by atoms with van der Waals surface area (Å²) < 4.78 is 15.8. The fraction of sp³-hybridized carbons (Fsp3) is 0.227. The number of carbonyl (C=O) groups excluding carboxylic acids is 1. The van der Waals surface area contributed by atoms with E-state index in [1.165, 1.54) is 7.11 Å². The maximum absolute atomic E-state index is 12.0. The van der Waals surface area contributed by atoms with Crippen LogP contribution in [0.2, 0.25) is 0 Å². The predicted molar refractivity (Wildman–Crippen MR) is 112 cm³/mol. The third-order valence-corrected chi connectivity index (χ3v) is 4.10. The molecule has 9 nitrogen and oxygen atoms in total. The zero-order chi connectivity index (χ0) is 22.8. The lowest BCUT2D eigenvalue weighted by Gasteiger charge is -2.13. The van der Waals surface area contributed by atoms with Crippen LogP contribution in [0.5, 0.6) is 17.2 Å². The molecule has 2 aromatic carbocycles. The highest BCUT2D eigenvalue weighted by Crippen LogP contribution is 2.24. The van der Waals surface area contributed by atoms with Crippen molar-refractivity contribution in [2.75, 3.05) is 20.8 Å². The average molecular weight is 429 g/mol. The Kier molecular flexibility index (Phi) is 8.44. The first-order chi connectivity index (χ1) is 14.8. The second kappa shape index (κ2) is 11.2. The predicted octanol–water partition coefficient (Wildman–Crippen LogP) is 2.30. The Morgan fingerprint density at radius 1 is 0.903 bits per heavy atom. The highest BCUT2D eigenvalue weighted by molar-refractivity contribution is 5.87. The Balaban J connectivity index is 2.05. The van der Waals surface area contributed by atoms with Crippen LogP contribution in [0.15, 0.2) is 42.5 Å². The van der Waals surface area contributed by atoms with Crippen molar-refractivity contribution in [2.45, 2.75) is 12.5 Å². The normalized spacial score (nSPS) is 11.5. The van der Waals surface area contributed by atoms with Gasteiger partial charge in [0.15, 0.2) is 6.61 Å². The van der Waals surface area contributed by atoms with E-state index >= 15 is 0 Å². The van der Waals surface area contributed by atoms with Crippen molar-refractivity contribution in [1.82, 2.24) is 5.32 Å². The van der Waals surface area contributed by atoms with E-state index in [1.807, 2.05) is 36.4 Å². The van der Waals surface area contributed by atoms with E-state index in [-0.39, 0.29) is 0 Å². The van der Waals surface area contributed by atoms with Crippen LogP contribution < -0.4 is 19.5 Å². The molecule has 0 aliphatic heterocycles. The van der Waals surface area contributed by atoms with Gasteiger partial charge in [0.2, 0.25) is 0 Å². The van der Waals surface area contributed by atoms with Gasteiger partial charge in [-0.3, -0.25) is 9.59 Å². The molecule has 9 heteroatoms. The second-order valence-electron chi connectivity index (χ2n) is 6.39. The average Bonchev–Trinajstić information content (AvgIpc) is 2.75. The highest BCUT2D eigenvalue weighted by Gasteiger charge is 2.23. The Bertz CT molecular complexity index is 952. The molecule has 2 aromatic rings. The minimum atomic E-state index is -1.54. The van der Waals surface area contributed by atoms with Crippen molar-refractivity contribution in [3.8, 4) is 17.2 Å². The number of carboxylic acid groups (broad SMARTS) is 2. The summed E-state index contributed by atoms with van der Waals surface area (Å²) in [6, 6.07) is 11.0. The van der Waals surface area contributed by atoms with Crippen molar-refractivity contribution < 1.29 is 38.8 Å². The summed E-state index contributed by atoms with van der Waals surface area (Å²) in [5, 5.41) is 19.8. The van der Waals surface area contributed by atoms with Gasteiger partial charge in [-0.15, -0.1) is 0 Å². The van der Waals surface area contributed by atoms with Gasteiger partial charge in [-0.2, -0.15) is 0 Å². The number of amides is 1. The molecule has 0 radical (unpaired) electrons. The summed E-state index contributed by atoms with van der Waals surface area (Å²) in [5.74, 6) is -1.96. The molecule has 0 unspecified atom stereocenters. The van der Waals surface area contributed by atoms with Crippen LogP contribution in [-0.4, -0.2) is 54.9 Å². The molecule has 31 heavy (non-hydrogen) atoms. The molecule has 0 spiro atoms. The van der Waals surface area contributed by atoms with Crippen molar-refractivity contribution in [3.05, 3.63) is 53.6 Å². The monoisotopic (exact) mass is 429 g/mol. The SMILES string of the molecule is COc1ccc(/C=C/c2cc(OC)cc(OCC(=O)N[C@@H](CC(=O)O)C(=O)O)c2)cc1. The lowest BCUT2D eigenvalue weighted by molar-refractivity contribution is -0.147. The number of carbonyl (C=O) groups is 3. The van der Waals surface area contributed by atoms with Gasteiger partial charge in [0, 0.05) is 6.07 Å². The summed E-state index contributed by atoms with van der Waals surface area (Å²) in [7, 11) is 3.09. The number of rotatable bonds is 11. The van der Waals surface area contributed by atoms with E-state index in [4.69, 9.17) is 24.4 Å². The van der Waals surface area contributed by atoms with Crippen LogP contribution in [0, 0.1) is 0 Å². The van der Waals surface area contributed by atoms with Crippen LogP contribution in [0.4, 0.5) is 0 Å². The molecule has 1 amide bonds. The topological polar surface area (TPSA) is 131 Å². The maximum Gasteiger partial charge on any atom is 0.326 e. The number of ether oxygens (including phenoxy) is 3. The van der Waals surface area contributed by atoms with Crippen molar-refractivity contribution in [2.24, 2.45) is 0 Å². The largest absolute Gasteiger partial charge is 0.497 e. The molecule has 0 aromatic heterocycles. The molecule has 3 N–H and O–H groups in total. The Hall–Kier alpha value is -4.01. The third-order valence-electron chi connectivity index (χ3n) is 4.10. The van der Waals surface area contributed by atoms with Gasteiger partial charge in [-0.25, -0.2) is 4.79 Å². The highest BCUT2D eigenvalue weighted by atomic mass is 16.5. The molecule has 0 heterocycles. The van der Waals surface area contributed by atoms with Gasteiger partial charge in [-0.05, 0) is 35.4 Å². The third kappa shape index (κ3) is 7.73. The molecule has 0 saturated heterocycles. The Morgan fingerprint density at radius 3 is 2.10 bits per heavy atom. The minimum absolute atomic E-state index is 0.328. The van der Waals surface area contributed by atoms with E-state index in [2.05, 4.69) is 5.32 Å². The van der Waals surface area contributed by atoms with Crippen molar-refractivity contribution >= 4 is 30.0 Å². The number of carboxylic acids is 2. The first-order valence-corrected chi connectivity index (χ1v) is 9.18. The summed E-state index contributed by atoms with van der Waals surface area (Å²) in [6.07, 6.45) is 2.99. The van der Waals surface area contributed by atoms with E-state index < -0.39 is 36.9 Å². The van der Waals surface area contributed by atoms with Crippen molar-refractivity contribution in [1.29, 1.82) is 0 Å². The first-order valence-electron chi connectivity index (χ1n) is 9.18. The second-order valence-corrected chi connectivity index (χ2v) is 6.39. The summed E-state index contributed by atoms with van der Waals surface area (Å²) >= 11 is 0. The fourth-order valence-corrected chi connectivity index (χ4v) is 2.56. The lowest BCUT2D eigenvalue weighted by atomic mass is 10.1. The van der Waals surface area contributed by atoms with Crippen LogP contribution >= 0.6 is 0 Å². The zero-order valence-electron chi connectivity index (χ0n) is 17.0. The number of hydrogen-bond donors (Lipinski definition) is 3. The summed E-state index contributed by atoms with van der Waals surface area (Å²) in [6.45, 7) is -0.488. The summed E-state index contributed by atoms with van der Waals surface area (Å²) in [4.78, 5) is 33.7. The molecule has 0 fully saturated rings. The molecule has 0 saturated carbocycles. The molecular weight excluding hydrogens is 406 g/mol. The number of nitrogens with one attached hydrogen (secondary N) is 1. The Labute approximate surface area is 178 Å². The van der Waals surface area contributed by atoms with Crippen LogP contribution in [-0.2, 0) is 14.4 Å². The van der Waals surface area contributed by atoms with Crippen LogP contribution in [0.1, 0.15) is 17.5 Å². The number of aliphatic carboxylic acids is 2.